The number of pyridine rings is 1. The summed E-state index contributed by atoms with van der Waals surface area (Å²) in [5, 5.41) is 0. The van der Waals surface area contributed by atoms with Crippen molar-refractivity contribution in [2.45, 2.75) is 58.6 Å². The van der Waals surface area contributed by atoms with Gasteiger partial charge in [-0.15, -0.1) is 0 Å². The molecule has 0 unspecified atom stereocenters. The molecule has 122 valence electrons. The molecule has 1 atom stereocenters. The number of amides is 1. The van der Waals surface area contributed by atoms with E-state index in [2.05, 4.69) is 11.9 Å². The number of aryl methyl sites for hydroxylation is 1. The molecule has 0 N–H and O–H groups in total. The Hall–Kier alpha value is -1.78. The highest BCUT2D eigenvalue weighted by Crippen LogP contribution is 2.22. The van der Waals surface area contributed by atoms with E-state index in [1.54, 1.807) is 11.1 Å². The summed E-state index contributed by atoms with van der Waals surface area (Å²) >= 11 is 0. The lowest BCUT2D eigenvalue weighted by Gasteiger charge is -2.28. The Balaban J connectivity index is 1.95. The molecule has 1 aromatic heterocycles. The third-order valence-electron chi connectivity index (χ3n) is 3.65. The lowest BCUT2D eigenvalue weighted by molar-refractivity contribution is 0.0185. The van der Waals surface area contributed by atoms with E-state index < -0.39 is 5.60 Å². The first-order chi connectivity index (χ1) is 10.4. The Kier molecular flexibility index (Phi) is 5.27. The molecule has 2 rings (SSSR count). The molecular weight excluding hydrogens is 280 g/mol. The van der Waals surface area contributed by atoms with Crippen molar-refractivity contribution >= 4 is 6.09 Å². The van der Waals surface area contributed by atoms with E-state index in [1.165, 1.54) is 0 Å². The maximum Gasteiger partial charge on any atom is 0.410 e. The summed E-state index contributed by atoms with van der Waals surface area (Å²) in [5.41, 5.74) is 0.617. The molecule has 1 fully saturated rings. The Morgan fingerprint density at radius 3 is 2.91 bits per heavy atom. The Labute approximate surface area is 132 Å². The van der Waals surface area contributed by atoms with Crippen LogP contribution in [0.25, 0.3) is 0 Å². The van der Waals surface area contributed by atoms with E-state index in [0.717, 1.165) is 31.4 Å². The van der Waals surface area contributed by atoms with Crippen LogP contribution >= 0.6 is 0 Å². The molecule has 0 aromatic carbocycles. The lowest BCUT2D eigenvalue weighted by atomic mass is 10.2. The molecule has 0 saturated carbocycles. The highest BCUT2D eigenvalue weighted by Gasteiger charge is 2.32. The first-order valence-corrected chi connectivity index (χ1v) is 7.97. The van der Waals surface area contributed by atoms with Crippen molar-refractivity contribution in [1.82, 2.24) is 9.88 Å². The minimum Gasteiger partial charge on any atom is -0.475 e. The van der Waals surface area contributed by atoms with E-state index in [9.17, 15) is 4.79 Å². The number of rotatable bonds is 4. The number of ether oxygens (including phenoxy) is 2. The largest absolute Gasteiger partial charge is 0.475 e. The fourth-order valence-corrected chi connectivity index (χ4v) is 2.57. The number of hydrogen-bond acceptors (Lipinski definition) is 4. The van der Waals surface area contributed by atoms with Crippen LogP contribution in [0.3, 0.4) is 0 Å². The van der Waals surface area contributed by atoms with Gasteiger partial charge in [0.25, 0.3) is 0 Å². The molecule has 0 bridgehead atoms. The average molecular weight is 306 g/mol. The van der Waals surface area contributed by atoms with E-state index >= 15 is 0 Å². The maximum atomic E-state index is 12.2. The van der Waals surface area contributed by atoms with Crippen molar-refractivity contribution in [3.05, 3.63) is 23.9 Å². The van der Waals surface area contributed by atoms with Crippen molar-refractivity contribution in [2.75, 3.05) is 13.2 Å². The predicted molar refractivity (Wildman–Crippen MR) is 85.1 cm³/mol. The summed E-state index contributed by atoms with van der Waals surface area (Å²) in [6.45, 7) is 8.91. The standard InChI is InChI=1S/C17H26N2O3/c1-5-13-8-6-10-18-15(13)21-12-14-9-7-11-19(14)16(20)22-17(2,3)4/h6,8,10,14H,5,7,9,11-12H2,1-4H3/t14-/m1/s1. The zero-order valence-electron chi connectivity index (χ0n) is 14.0. The molecule has 1 amide bonds. The van der Waals surface area contributed by atoms with Crippen LogP contribution in [-0.2, 0) is 11.2 Å². The van der Waals surface area contributed by atoms with Crippen molar-refractivity contribution in [1.29, 1.82) is 0 Å². The predicted octanol–water partition coefficient (Wildman–Crippen LogP) is 3.42. The monoisotopic (exact) mass is 306 g/mol. The van der Waals surface area contributed by atoms with Crippen LogP contribution in [0.4, 0.5) is 4.79 Å². The van der Waals surface area contributed by atoms with Crippen LogP contribution in [0.2, 0.25) is 0 Å². The van der Waals surface area contributed by atoms with E-state index in [-0.39, 0.29) is 12.1 Å². The summed E-state index contributed by atoms with van der Waals surface area (Å²) in [6, 6.07) is 3.98. The van der Waals surface area contributed by atoms with Gasteiger partial charge >= 0.3 is 6.09 Å². The summed E-state index contributed by atoms with van der Waals surface area (Å²) in [7, 11) is 0. The van der Waals surface area contributed by atoms with Gasteiger partial charge in [0, 0.05) is 18.3 Å². The highest BCUT2D eigenvalue weighted by atomic mass is 16.6. The molecule has 0 radical (unpaired) electrons. The average Bonchev–Trinajstić information content (AvgIpc) is 2.92. The van der Waals surface area contributed by atoms with Crippen LogP contribution < -0.4 is 4.74 Å². The molecule has 1 saturated heterocycles. The fraction of sp³-hybridized carbons (Fsp3) is 0.647. The molecule has 1 aromatic rings. The van der Waals surface area contributed by atoms with Crippen LogP contribution in [0, 0.1) is 0 Å². The van der Waals surface area contributed by atoms with Crippen LogP contribution in [0.5, 0.6) is 5.88 Å². The summed E-state index contributed by atoms with van der Waals surface area (Å²) in [4.78, 5) is 18.3. The Bertz CT molecular complexity index is 511. The van der Waals surface area contributed by atoms with Gasteiger partial charge in [0.05, 0.1) is 6.04 Å². The Morgan fingerprint density at radius 1 is 1.45 bits per heavy atom. The van der Waals surface area contributed by atoms with Gasteiger partial charge in [-0.3, -0.25) is 0 Å². The van der Waals surface area contributed by atoms with E-state index in [1.807, 2.05) is 32.9 Å². The molecule has 0 aliphatic carbocycles. The van der Waals surface area contributed by atoms with Crippen molar-refractivity contribution in [2.24, 2.45) is 0 Å². The summed E-state index contributed by atoms with van der Waals surface area (Å²) < 4.78 is 11.3. The number of carbonyl (C=O) groups excluding carboxylic acids is 1. The topological polar surface area (TPSA) is 51.7 Å². The minimum atomic E-state index is -0.471. The van der Waals surface area contributed by atoms with Gasteiger partial charge in [0.2, 0.25) is 5.88 Å². The van der Waals surface area contributed by atoms with Crippen molar-refractivity contribution in [3.63, 3.8) is 0 Å². The molecule has 22 heavy (non-hydrogen) atoms. The minimum absolute atomic E-state index is 0.0570. The van der Waals surface area contributed by atoms with Crippen molar-refractivity contribution < 1.29 is 14.3 Å². The number of nitrogens with zero attached hydrogens (tertiary/aromatic N) is 2. The molecule has 1 aliphatic rings. The zero-order valence-corrected chi connectivity index (χ0v) is 14.0. The number of carbonyl (C=O) groups is 1. The third-order valence-corrected chi connectivity index (χ3v) is 3.65. The normalized spacial score (nSPS) is 18.4. The van der Waals surface area contributed by atoms with Crippen molar-refractivity contribution in [3.8, 4) is 5.88 Å². The quantitative estimate of drug-likeness (QED) is 0.855. The smallest absolute Gasteiger partial charge is 0.410 e. The SMILES string of the molecule is CCc1cccnc1OC[C@H]1CCCN1C(=O)OC(C)(C)C. The number of likely N-dealkylation sites (tertiary alicyclic amines) is 1. The summed E-state index contributed by atoms with van der Waals surface area (Å²) in [5.74, 6) is 0.668. The van der Waals surface area contributed by atoms with Gasteiger partial charge in [-0.05, 0) is 46.1 Å². The van der Waals surface area contributed by atoms with Crippen LogP contribution in [0.1, 0.15) is 46.1 Å². The zero-order chi connectivity index (χ0) is 16.2. The van der Waals surface area contributed by atoms with E-state index in [0.29, 0.717) is 12.5 Å². The van der Waals surface area contributed by atoms with Gasteiger partial charge in [0.1, 0.15) is 12.2 Å². The second kappa shape index (κ2) is 6.99. The Morgan fingerprint density at radius 2 is 2.23 bits per heavy atom. The first kappa shape index (κ1) is 16.6. The third kappa shape index (κ3) is 4.36. The van der Waals surface area contributed by atoms with Gasteiger partial charge in [-0.2, -0.15) is 0 Å². The fourth-order valence-electron chi connectivity index (χ4n) is 2.57. The second-order valence-corrected chi connectivity index (χ2v) is 6.60. The summed E-state index contributed by atoms with van der Waals surface area (Å²) in [6.07, 6.45) is 4.28. The molecule has 2 heterocycles. The van der Waals surface area contributed by atoms with Gasteiger partial charge < -0.3 is 14.4 Å². The number of aromatic nitrogens is 1. The molecule has 5 heteroatoms. The van der Waals surface area contributed by atoms with Gasteiger partial charge in [-0.1, -0.05) is 13.0 Å². The molecule has 1 aliphatic heterocycles. The second-order valence-electron chi connectivity index (χ2n) is 6.60. The first-order valence-electron chi connectivity index (χ1n) is 7.97. The van der Waals surface area contributed by atoms with Gasteiger partial charge in [-0.25, -0.2) is 9.78 Å². The van der Waals surface area contributed by atoms with Gasteiger partial charge in [0.15, 0.2) is 0 Å². The molecule has 0 spiro atoms. The van der Waals surface area contributed by atoms with Crippen LogP contribution in [0.15, 0.2) is 18.3 Å². The highest BCUT2D eigenvalue weighted by molar-refractivity contribution is 5.69. The number of hydrogen-bond donors (Lipinski definition) is 0. The molecular formula is C17H26N2O3. The molecule has 5 nitrogen and oxygen atoms in total. The lowest BCUT2D eigenvalue weighted by Crippen LogP contribution is -2.42. The van der Waals surface area contributed by atoms with E-state index in [4.69, 9.17) is 9.47 Å². The maximum absolute atomic E-state index is 12.2. The van der Waals surface area contributed by atoms with Crippen LogP contribution in [-0.4, -0.2) is 40.8 Å².